The minimum Gasteiger partial charge on any atom is -0.330 e. The van der Waals surface area contributed by atoms with Gasteiger partial charge in [-0.05, 0) is 58.1 Å². The van der Waals surface area contributed by atoms with E-state index in [0.717, 1.165) is 18.7 Å². The van der Waals surface area contributed by atoms with Gasteiger partial charge in [-0.25, -0.2) is 9.97 Å². The minimum absolute atomic E-state index is 0.275. The van der Waals surface area contributed by atoms with Crippen molar-refractivity contribution < 1.29 is 0 Å². The van der Waals surface area contributed by atoms with Gasteiger partial charge in [0.05, 0.1) is 0 Å². The largest absolute Gasteiger partial charge is 0.330 e. The van der Waals surface area contributed by atoms with Crippen molar-refractivity contribution in [2.45, 2.75) is 24.7 Å². The molecule has 0 fully saturated rings. The molecule has 0 radical (unpaired) electrons. The summed E-state index contributed by atoms with van der Waals surface area (Å²) in [6.07, 6.45) is 5.76. The van der Waals surface area contributed by atoms with Crippen molar-refractivity contribution in [1.82, 2.24) is 9.97 Å². The van der Waals surface area contributed by atoms with Crippen molar-refractivity contribution >= 4 is 21.5 Å². The molecular weight excluding hydrogens is 318 g/mol. The molecule has 128 valence electrons. The number of rotatable bonds is 2. The number of hydrogen-bond donors (Lipinski definition) is 1. The number of nitrogens with zero attached hydrogens (tertiary/aromatic N) is 2. The summed E-state index contributed by atoms with van der Waals surface area (Å²) >= 11 is 0. The van der Waals surface area contributed by atoms with Crippen LogP contribution in [0.3, 0.4) is 0 Å². The molecule has 1 aromatic heterocycles. The first-order valence-corrected chi connectivity index (χ1v) is 9.27. The zero-order valence-electron chi connectivity index (χ0n) is 14.6. The third-order valence-electron chi connectivity index (χ3n) is 5.84. The van der Waals surface area contributed by atoms with Gasteiger partial charge in [0, 0.05) is 24.2 Å². The van der Waals surface area contributed by atoms with E-state index in [0.29, 0.717) is 12.5 Å². The molecule has 3 aromatic carbocycles. The average molecular weight is 339 g/mol. The lowest BCUT2D eigenvalue weighted by Crippen LogP contribution is -2.27. The second-order valence-electron chi connectivity index (χ2n) is 7.11. The van der Waals surface area contributed by atoms with Gasteiger partial charge >= 0.3 is 0 Å². The highest BCUT2D eigenvalue weighted by molar-refractivity contribution is 6.08. The van der Waals surface area contributed by atoms with E-state index in [9.17, 15) is 0 Å². The van der Waals surface area contributed by atoms with Crippen molar-refractivity contribution in [2.75, 3.05) is 6.54 Å². The molecule has 2 N–H and O–H groups in total. The SMILES string of the molecule is NCC1c2ccc3c(ccc4ccccc43)c2CCC1c1ncccn1. The highest BCUT2D eigenvalue weighted by Gasteiger charge is 2.32. The first-order chi connectivity index (χ1) is 12.9. The third-order valence-corrected chi connectivity index (χ3v) is 5.84. The average Bonchev–Trinajstić information content (AvgIpc) is 2.72. The summed E-state index contributed by atoms with van der Waals surface area (Å²) in [6, 6.07) is 19.6. The monoisotopic (exact) mass is 339 g/mol. The highest BCUT2D eigenvalue weighted by Crippen LogP contribution is 2.43. The summed E-state index contributed by atoms with van der Waals surface area (Å²) in [7, 11) is 0. The fourth-order valence-electron chi connectivity index (χ4n) is 4.61. The van der Waals surface area contributed by atoms with Crippen LogP contribution in [0.25, 0.3) is 21.5 Å². The van der Waals surface area contributed by atoms with E-state index in [2.05, 4.69) is 58.5 Å². The number of fused-ring (bicyclic) bond motifs is 5. The van der Waals surface area contributed by atoms with Crippen molar-refractivity contribution in [3.8, 4) is 0 Å². The molecule has 0 bridgehead atoms. The molecule has 26 heavy (non-hydrogen) atoms. The topological polar surface area (TPSA) is 51.8 Å². The van der Waals surface area contributed by atoms with Gasteiger partial charge in [0.2, 0.25) is 0 Å². The maximum Gasteiger partial charge on any atom is 0.131 e. The molecule has 1 heterocycles. The maximum absolute atomic E-state index is 6.22. The number of aromatic nitrogens is 2. The van der Waals surface area contributed by atoms with Crippen LogP contribution < -0.4 is 5.73 Å². The lowest BCUT2D eigenvalue weighted by molar-refractivity contribution is 0.461. The summed E-state index contributed by atoms with van der Waals surface area (Å²) in [5, 5.41) is 5.33. The Labute approximate surface area is 152 Å². The van der Waals surface area contributed by atoms with Crippen molar-refractivity contribution in [3.63, 3.8) is 0 Å². The molecule has 0 aliphatic heterocycles. The summed E-state index contributed by atoms with van der Waals surface area (Å²) < 4.78 is 0. The van der Waals surface area contributed by atoms with E-state index >= 15 is 0 Å². The molecule has 0 amide bonds. The Bertz CT molecular complexity index is 1090. The van der Waals surface area contributed by atoms with Crippen molar-refractivity contribution in [1.29, 1.82) is 0 Å². The molecular formula is C23H21N3. The van der Waals surface area contributed by atoms with Gasteiger partial charge in [-0.15, -0.1) is 0 Å². The minimum atomic E-state index is 0.275. The number of aryl methyl sites for hydroxylation is 1. The molecule has 0 saturated carbocycles. The number of benzene rings is 3. The zero-order valence-corrected chi connectivity index (χ0v) is 14.6. The Kier molecular flexibility index (Phi) is 3.68. The van der Waals surface area contributed by atoms with Crippen molar-refractivity contribution in [2.24, 2.45) is 5.73 Å². The van der Waals surface area contributed by atoms with E-state index in [1.807, 2.05) is 18.5 Å². The summed E-state index contributed by atoms with van der Waals surface area (Å²) in [4.78, 5) is 9.02. The van der Waals surface area contributed by atoms with E-state index in [1.165, 1.54) is 32.7 Å². The van der Waals surface area contributed by atoms with Gasteiger partial charge in [0.25, 0.3) is 0 Å². The molecule has 0 spiro atoms. The second-order valence-corrected chi connectivity index (χ2v) is 7.11. The van der Waals surface area contributed by atoms with E-state index in [1.54, 1.807) is 0 Å². The highest BCUT2D eigenvalue weighted by atomic mass is 14.9. The number of hydrogen-bond acceptors (Lipinski definition) is 3. The van der Waals surface area contributed by atoms with Crippen molar-refractivity contribution in [3.05, 3.63) is 83.9 Å². The first-order valence-electron chi connectivity index (χ1n) is 9.27. The molecule has 1 aliphatic rings. The molecule has 1 aliphatic carbocycles. The van der Waals surface area contributed by atoms with Crippen LogP contribution in [0.4, 0.5) is 0 Å². The normalized spacial score (nSPS) is 19.6. The zero-order chi connectivity index (χ0) is 17.5. The van der Waals surface area contributed by atoms with Gasteiger partial charge < -0.3 is 5.73 Å². The Morgan fingerprint density at radius 2 is 1.65 bits per heavy atom. The second kappa shape index (κ2) is 6.19. The number of nitrogens with two attached hydrogens (primary N) is 1. The van der Waals surface area contributed by atoms with Gasteiger partial charge in [-0.3, -0.25) is 0 Å². The predicted molar refractivity (Wildman–Crippen MR) is 106 cm³/mol. The molecule has 5 rings (SSSR count). The quantitative estimate of drug-likeness (QED) is 0.545. The summed E-state index contributed by atoms with van der Waals surface area (Å²) in [6.45, 7) is 0.620. The molecule has 2 atom stereocenters. The molecule has 0 saturated heterocycles. The van der Waals surface area contributed by atoms with Crippen LogP contribution >= 0.6 is 0 Å². The predicted octanol–water partition coefficient (Wildman–Crippen LogP) is 4.56. The lowest BCUT2D eigenvalue weighted by atomic mass is 9.73. The van der Waals surface area contributed by atoms with E-state index in [4.69, 9.17) is 5.73 Å². The third kappa shape index (κ3) is 2.31. The van der Waals surface area contributed by atoms with Crippen LogP contribution in [-0.4, -0.2) is 16.5 Å². The Hall–Kier alpha value is -2.78. The lowest BCUT2D eigenvalue weighted by Gasteiger charge is -2.33. The Morgan fingerprint density at radius 1 is 0.846 bits per heavy atom. The standard InChI is InChI=1S/C23H21N3/c24-14-22-20-9-8-17-16-5-2-1-4-15(16)6-7-18(17)19(20)10-11-21(22)23-25-12-3-13-26-23/h1-9,12-13,21-22H,10-11,14,24H2. The molecule has 3 heteroatoms. The molecule has 3 nitrogen and oxygen atoms in total. The van der Waals surface area contributed by atoms with Crippen LogP contribution in [0.1, 0.15) is 35.2 Å². The fraction of sp³-hybridized carbons (Fsp3) is 0.217. The van der Waals surface area contributed by atoms with Crippen LogP contribution in [-0.2, 0) is 6.42 Å². The Morgan fingerprint density at radius 3 is 2.50 bits per heavy atom. The van der Waals surface area contributed by atoms with Gasteiger partial charge in [0.1, 0.15) is 5.82 Å². The van der Waals surface area contributed by atoms with Crippen LogP contribution in [0.2, 0.25) is 0 Å². The fourth-order valence-corrected chi connectivity index (χ4v) is 4.61. The van der Waals surface area contributed by atoms with Crippen LogP contribution in [0.15, 0.2) is 67.0 Å². The summed E-state index contributed by atoms with van der Waals surface area (Å²) in [5.74, 6) is 1.50. The first kappa shape index (κ1) is 15.5. The van der Waals surface area contributed by atoms with Crippen LogP contribution in [0, 0.1) is 0 Å². The van der Waals surface area contributed by atoms with Gasteiger partial charge in [-0.1, -0.05) is 48.5 Å². The molecule has 2 unspecified atom stereocenters. The van der Waals surface area contributed by atoms with E-state index in [-0.39, 0.29) is 5.92 Å². The summed E-state index contributed by atoms with van der Waals surface area (Å²) in [5.41, 5.74) is 9.05. The van der Waals surface area contributed by atoms with Crippen LogP contribution in [0.5, 0.6) is 0 Å². The smallest absolute Gasteiger partial charge is 0.131 e. The van der Waals surface area contributed by atoms with Gasteiger partial charge in [0.15, 0.2) is 0 Å². The van der Waals surface area contributed by atoms with Gasteiger partial charge in [-0.2, -0.15) is 0 Å². The maximum atomic E-state index is 6.22. The molecule has 4 aromatic rings. The van der Waals surface area contributed by atoms with E-state index < -0.39 is 0 Å². The Balaban J connectivity index is 1.69.